The minimum absolute atomic E-state index is 0.0720. The zero-order valence-electron chi connectivity index (χ0n) is 14.7. The van der Waals surface area contributed by atoms with E-state index in [9.17, 15) is 13.6 Å². The van der Waals surface area contributed by atoms with Crippen molar-refractivity contribution in [2.45, 2.75) is 34.0 Å². The Morgan fingerprint density at radius 2 is 1.92 bits per heavy atom. The molecule has 6 heteroatoms. The first-order valence-electron chi connectivity index (χ1n) is 7.93. The quantitative estimate of drug-likeness (QED) is 0.577. The number of carbonyl (C=O) groups is 1. The molecule has 0 amide bonds. The van der Waals surface area contributed by atoms with Crippen LogP contribution in [0.5, 0.6) is 0 Å². The van der Waals surface area contributed by atoms with Crippen LogP contribution in [0.3, 0.4) is 0 Å². The SMILES string of the molecule is COCc1c(F)cc(COC(=O)C2C(/C=C(/C)C#N)C2(C)C)cc1F. The molecule has 2 unspecified atom stereocenters. The number of methoxy groups -OCH3 is 1. The van der Waals surface area contributed by atoms with Gasteiger partial charge in [-0.1, -0.05) is 19.9 Å². The van der Waals surface area contributed by atoms with Gasteiger partial charge >= 0.3 is 5.97 Å². The van der Waals surface area contributed by atoms with Gasteiger partial charge in [0.05, 0.1) is 18.6 Å². The van der Waals surface area contributed by atoms with Crippen molar-refractivity contribution in [1.29, 1.82) is 5.26 Å². The molecule has 0 spiro atoms. The van der Waals surface area contributed by atoms with E-state index in [0.717, 1.165) is 12.1 Å². The summed E-state index contributed by atoms with van der Waals surface area (Å²) < 4.78 is 37.7. The summed E-state index contributed by atoms with van der Waals surface area (Å²) in [6, 6.07) is 4.31. The van der Waals surface area contributed by atoms with Crippen molar-refractivity contribution in [2.24, 2.45) is 17.3 Å². The molecule has 1 aliphatic rings. The molecule has 0 aliphatic heterocycles. The van der Waals surface area contributed by atoms with Gasteiger partial charge in [0.1, 0.15) is 18.2 Å². The first kappa shape index (κ1) is 19.1. The summed E-state index contributed by atoms with van der Waals surface area (Å²) in [4.78, 5) is 12.3. The highest BCUT2D eigenvalue weighted by Gasteiger charge is 2.61. The van der Waals surface area contributed by atoms with Crippen LogP contribution in [0.1, 0.15) is 31.9 Å². The molecule has 2 atom stereocenters. The number of rotatable bonds is 6. The second-order valence-electron chi connectivity index (χ2n) is 6.87. The maximum atomic E-state index is 13.9. The van der Waals surface area contributed by atoms with Crippen molar-refractivity contribution < 1.29 is 23.0 Å². The number of benzene rings is 1. The Morgan fingerprint density at radius 1 is 1.32 bits per heavy atom. The minimum Gasteiger partial charge on any atom is -0.461 e. The van der Waals surface area contributed by atoms with E-state index >= 15 is 0 Å². The average Bonchev–Trinajstić information content (AvgIpc) is 3.08. The predicted octanol–water partition coefficient (Wildman–Crippen LogP) is 3.90. The Balaban J connectivity index is 2.03. The Hall–Kier alpha value is -2.26. The second kappa shape index (κ2) is 7.32. The molecule has 1 aromatic carbocycles. The maximum Gasteiger partial charge on any atom is 0.310 e. The van der Waals surface area contributed by atoms with E-state index in [1.54, 1.807) is 13.0 Å². The molecule has 0 heterocycles. The van der Waals surface area contributed by atoms with E-state index in [1.165, 1.54) is 7.11 Å². The summed E-state index contributed by atoms with van der Waals surface area (Å²) in [7, 11) is 1.35. The fourth-order valence-electron chi connectivity index (χ4n) is 3.01. The van der Waals surface area contributed by atoms with Crippen molar-refractivity contribution in [3.05, 3.63) is 46.5 Å². The van der Waals surface area contributed by atoms with Gasteiger partial charge in [0, 0.05) is 18.2 Å². The molecule has 0 aromatic heterocycles. The molecule has 25 heavy (non-hydrogen) atoms. The van der Waals surface area contributed by atoms with Gasteiger partial charge < -0.3 is 9.47 Å². The monoisotopic (exact) mass is 349 g/mol. The summed E-state index contributed by atoms with van der Waals surface area (Å²) in [5.41, 5.74) is 0.333. The highest BCUT2D eigenvalue weighted by molar-refractivity contribution is 5.78. The molecule has 134 valence electrons. The van der Waals surface area contributed by atoms with E-state index in [-0.39, 0.29) is 41.6 Å². The predicted molar refractivity (Wildman–Crippen MR) is 87.0 cm³/mol. The zero-order valence-corrected chi connectivity index (χ0v) is 14.7. The van der Waals surface area contributed by atoms with E-state index in [2.05, 4.69) is 0 Å². The first-order valence-corrected chi connectivity index (χ1v) is 7.93. The Bertz CT molecular complexity index is 727. The van der Waals surface area contributed by atoms with Gasteiger partial charge in [0.15, 0.2) is 0 Å². The molecular weight excluding hydrogens is 328 g/mol. The number of nitriles is 1. The van der Waals surface area contributed by atoms with Crippen LogP contribution in [0, 0.1) is 40.2 Å². The van der Waals surface area contributed by atoms with Crippen LogP contribution in [0.25, 0.3) is 0 Å². The van der Waals surface area contributed by atoms with Crippen molar-refractivity contribution in [2.75, 3.05) is 7.11 Å². The van der Waals surface area contributed by atoms with Crippen LogP contribution in [0.15, 0.2) is 23.8 Å². The summed E-state index contributed by atoms with van der Waals surface area (Å²) in [6.07, 6.45) is 1.77. The van der Waals surface area contributed by atoms with Crippen LogP contribution >= 0.6 is 0 Å². The van der Waals surface area contributed by atoms with Gasteiger partial charge in [-0.2, -0.15) is 5.26 Å². The lowest BCUT2D eigenvalue weighted by Crippen LogP contribution is -2.11. The number of nitrogens with zero attached hydrogens (tertiary/aromatic N) is 1. The third-order valence-corrected chi connectivity index (χ3v) is 4.64. The number of carbonyl (C=O) groups excluding carboxylic acids is 1. The lowest BCUT2D eigenvalue weighted by molar-refractivity contribution is -0.147. The molecular formula is C19H21F2NO3. The smallest absolute Gasteiger partial charge is 0.310 e. The molecule has 1 aromatic rings. The Labute approximate surface area is 146 Å². The molecule has 0 N–H and O–H groups in total. The lowest BCUT2D eigenvalue weighted by atomic mass is 10.1. The van der Waals surface area contributed by atoms with Crippen LogP contribution < -0.4 is 0 Å². The normalized spacial score (nSPS) is 21.6. The van der Waals surface area contributed by atoms with Crippen LogP contribution in [0.2, 0.25) is 0 Å². The summed E-state index contributed by atoms with van der Waals surface area (Å²) in [5, 5.41) is 8.86. The minimum atomic E-state index is -0.731. The van der Waals surface area contributed by atoms with Crippen molar-refractivity contribution in [3.63, 3.8) is 0 Å². The molecule has 0 saturated heterocycles. The number of ether oxygens (including phenoxy) is 2. The summed E-state index contributed by atoms with van der Waals surface area (Å²) in [5.74, 6) is -2.33. The third kappa shape index (κ3) is 4.05. The number of hydrogen-bond donors (Lipinski definition) is 0. The van der Waals surface area contributed by atoms with E-state index < -0.39 is 17.6 Å². The molecule has 4 nitrogen and oxygen atoms in total. The standard InChI is InChI=1S/C19H21F2NO3/c1-11(8-22)5-14-17(19(14,2)3)18(23)25-9-12-6-15(20)13(10-24-4)16(21)7-12/h5-7,14,17H,9-10H2,1-4H3/b11-5-. The van der Waals surface area contributed by atoms with E-state index in [0.29, 0.717) is 5.57 Å². The molecule has 0 radical (unpaired) electrons. The van der Waals surface area contributed by atoms with Crippen molar-refractivity contribution >= 4 is 5.97 Å². The number of hydrogen-bond acceptors (Lipinski definition) is 4. The second-order valence-corrected chi connectivity index (χ2v) is 6.87. The number of halogens is 2. The largest absolute Gasteiger partial charge is 0.461 e. The summed E-state index contributed by atoms with van der Waals surface area (Å²) >= 11 is 0. The van der Waals surface area contributed by atoms with Gasteiger partial charge in [0.2, 0.25) is 0 Å². The van der Waals surface area contributed by atoms with E-state index in [1.807, 2.05) is 19.9 Å². The lowest BCUT2D eigenvalue weighted by Gasteiger charge is -2.09. The van der Waals surface area contributed by atoms with Gasteiger partial charge in [0.25, 0.3) is 0 Å². The van der Waals surface area contributed by atoms with E-state index in [4.69, 9.17) is 14.7 Å². The fourth-order valence-corrected chi connectivity index (χ4v) is 3.01. The molecule has 1 fully saturated rings. The molecule has 1 saturated carbocycles. The third-order valence-electron chi connectivity index (χ3n) is 4.64. The number of esters is 1. The molecule has 0 bridgehead atoms. The summed E-state index contributed by atoms with van der Waals surface area (Å²) in [6.45, 7) is 5.15. The van der Waals surface area contributed by atoms with Gasteiger partial charge in [-0.3, -0.25) is 4.79 Å². The van der Waals surface area contributed by atoms with Crippen LogP contribution in [0.4, 0.5) is 8.78 Å². The molecule has 1 aliphatic carbocycles. The fraction of sp³-hybridized carbons (Fsp3) is 0.474. The zero-order chi connectivity index (χ0) is 18.8. The van der Waals surface area contributed by atoms with Gasteiger partial charge in [-0.25, -0.2) is 8.78 Å². The molecule has 2 rings (SSSR count). The Kier molecular flexibility index (Phi) is 5.58. The van der Waals surface area contributed by atoms with Crippen molar-refractivity contribution in [1.82, 2.24) is 0 Å². The first-order chi connectivity index (χ1) is 11.7. The van der Waals surface area contributed by atoms with Gasteiger partial charge in [-0.15, -0.1) is 0 Å². The average molecular weight is 349 g/mol. The van der Waals surface area contributed by atoms with Crippen LogP contribution in [-0.4, -0.2) is 13.1 Å². The highest BCUT2D eigenvalue weighted by atomic mass is 19.1. The van der Waals surface area contributed by atoms with Gasteiger partial charge in [-0.05, 0) is 36.0 Å². The highest BCUT2D eigenvalue weighted by Crippen LogP contribution is 2.59. The topological polar surface area (TPSA) is 59.3 Å². The Morgan fingerprint density at radius 3 is 2.44 bits per heavy atom. The van der Waals surface area contributed by atoms with Crippen molar-refractivity contribution in [3.8, 4) is 6.07 Å². The van der Waals surface area contributed by atoms with Crippen LogP contribution in [-0.2, 0) is 27.5 Å². The maximum absolute atomic E-state index is 13.9. The number of allylic oxidation sites excluding steroid dienone is 2.